The van der Waals surface area contributed by atoms with Gasteiger partial charge in [-0.2, -0.15) is 5.10 Å². The van der Waals surface area contributed by atoms with E-state index in [-0.39, 0.29) is 0 Å². The first-order valence-corrected chi connectivity index (χ1v) is 7.01. The molecule has 0 aliphatic carbocycles. The van der Waals surface area contributed by atoms with E-state index in [1.807, 2.05) is 6.20 Å². The van der Waals surface area contributed by atoms with Gasteiger partial charge in [0.05, 0.1) is 14.6 Å². The van der Waals surface area contributed by atoms with E-state index in [1.165, 1.54) is 6.26 Å². The van der Waals surface area contributed by atoms with E-state index in [1.54, 1.807) is 23.9 Å². The summed E-state index contributed by atoms with van der Waals surface area (Å²) >= 11 is 3.40. The van der Waals surface area contributed by atoms with Crippen molar-refractivity contribution in [1.29, 1.82) is 4.78 Å². The zero-order valence-electron chi connectivity index (χ0n) is 8.32. The van der Waals surface area contributed by atoms with Gasteiger partial charge in [-0.25, -0.2) is 8.99 Å². The Morgan fingerprint density at radius 3 is 2.80 bits per heavy atom. The summed E-state index contributed by atoms with van der Waals surface area (Å²) in [6, 6.07) is 3.49. The molecule has 1 heterocycles. The van der Waals surface area contributed by atoms with E-state index in [0.29, 0.717) is 10.4 Å². The molecule has 0 fully saturated rings. The molecular formula is C9H10BrN3OS. The maximum atomic E-state index is 11.7. The van der Waals surface area contributed by atoms with Gasteiger partial charge in [0, 0.05) is 29.4 Å². The molecule has 0 amide bonds. The summed E-state index contributed by atoms with van der Waals surface area (Å²) in [4.78, 5) is 0.487. The fourth-order valence-electron chi connectivity index (χ4n) is 1.48. The average Bonchev–Trinajstić information content (AvgIpc) is 2.45. The van der Waals surface area contributed by atoms with E-state index in [0.717, 1.165) is 9.86 Å². The summed E-state index contributed by atoms with van der Waals surface area (Å²) in [5.41, 5.74) is 0.634. The fraction of sp³-hybridized carbons (Fsp3) is 0.222. The van der Waals surface area contributed by atoms with Crippen molar-refractivity contribution in [3.8, 4) is 0 Å². The Morgan fingerprint density at radius 1 is 1.53 bits per heavy atom. The summed E-state index contributed by atoms with van der Waals surface area (Å²) in [6.07, 6.45) is 3.25. The van der Waals surface area contributed by atoms with Crippen LogP contribution in [-0.2, 0) is 16.8 Å². The van der Waals surface area contributed by atoms with Crippen LogP contribution in [0.5, 0.6) is 0 Å². The predicted molar refractivity (Wildman–Crippen MR) is 63.5 cm³/mol. The third-order valence-corrected chi connectivity index (χ3v) is 3.98. The van der Waals surface area contributed by atoms with E-state index in [9.17, 15) is 4.21 Å². The lowest BCUT2D eigenvalue weighted by atomic mass is 10.3. The number of hydrogen-bond donors (Lipinski definition) is 1. The first-order chi connectivity index (χ1) is 6.89. The number of fused-ring (bicyclic) bond motifs is 1. The quantitative estimate of drug-likeness (QED) is 0.875. The third-order valence-electron chi connectivity index (χ3n) is 2.12. The monoisotopic (exact) mass is 287 g/mol. The van der Waals surface area contributed by atoms with Gasteiger partial charge >= 0.3 is 0 Å². The van der Waals surface area contributed by atoms with Gasteiger partial charge in [0.15, 0.2) is 0 Å². The van der Waals surface area contributed by atoms with Gasteiger partial charge in [0.25, 0.3) is 0 Å². The lowest BCUT2D eigenvalue weighted by Crippen LogP contribution is -1.96. The van der Waals surface area contributed by atoms with Crippen LogP contribution >= 0.6 is 15.9 Å². The summed E-state index contributed by atoms with van der Waals surface area (Å²) in [7, 11) is -0.926. The molecule has 2 rings (SSSR count). The number of halogens is 1. The molecule has 6 heteroatoms. The standard InChI is InChI=1S/C9H10BrN3OS/c1-13-5-6-7(10)3-4-8(9(6)12-13)15(2,11)14/h3-5,11H,1-2H3. The van der Waals surface area contributed by atoms with Crippen LogP contribution < -0.4 is 0 Å². The maximum absolute atomic E-state index is 11.7. The molecule has 1 N–H and O–H groups in total. The van der Waals surface area contributed by atoms with Crippen molar-refractivity contribution in [1.82, 2.24) is 9.78 Å². The van der Waals surface area contributed by atoms with Crippen LogP contribution in [0, 0.1) is 4.78 Å². The van der Waals surface area contributed by atoms with E-state index < -0.39 is 9.73 Å². The van der Waals surface area contributed by atoms with Crippen molar-refractivity contribution in [2.24, 2.45) is 7.05 Å². The molecule has 1 aromatic carbocycles. The summed E-state index contributed by atoms with van der Waals surface area (Å²) in [5.74, 6) is 0. The molecular weight excluding hydrogens is 278 g/mol. The van der Waals surface area contributed by atoms with E-state index in [4.69, 9.17) is 4.78 Å². The molecule has 2 aromatic rings. The van der Waals surface area contributed by atoms with E-state index >= 15 is 0 Å². The number of hydrogen-bond acceptors (Lipinski definition) is 3. The van der Waals surface area contributed by atoms with Crippen LogP contribution in [0.4, 0.5) is 0 Å². The second-order valence-electron chi connectivity index (χ2n) is 3.45. The first-order valence-electron chi connectivity index (χ1n) is 4.25. The van der Waals surface area contributed by atoms with Crippen molar-refractivity contribution < 1.29 is 4.21 Å². The SMILES string of the molecule is Cn1cc2c(Br)ccc(S(C)(=N)=O)c2n1. The van der Waals surface area contributed by atoms with Gasteiger partial charge in [-0.1, -0.05) is 15.9 Å². The molecule has 15 heavy (non-hydrogen) atoms. The number of rotatable bonds is 1. The minimum Gasteiger partial charge on any atom is -0.275 e. The molecule has 0 bridgehead atoms. The number of aryl methyl sites for hydroxylation is 1. The highest BCUT2D eigenvalue weighted by atomic mass is 79.9. The Labute approximate surface area is 96.4 Å². The summed E-state index contributed by atoms with van der Waals surface area (Å²) in [5, 5.41) is 5.11. The Morgan fingerprint density at radius 2 is 2.20 bits per heavy atom. The van der Waals surface area contributed by atoms with Crippen LogP contribution in [0.3, 0.4) is 0 Å². The van der Waals surface area contributed by atoms with Crippen molar-refractivity contribution >= 4 is 36.6 Å². The van der Waals surface area contributed by atoms with Crippen LogP contribution in [0.2, 0.25) is 0 Å². The molecule has 0 aliphatic heterocycles. The van der Waals surface area contributed by atoms with Crippen LogP contribution in [0.1, 0.15) is 0 Å². The number of benzene rings is 1. The van der Waals surface area contributed by atoms with Crippen molar-refractivity contribution in [2.75, 3.05) is 6.26 Å². The molecule has 80 valence electrons. The Kier molecular flexibility index (Phi) is 2.35. The average molecular weight is 288 g/mol. The fourth-order valence-corrected chi connectivity index (χ4v) is 2.75. The van der Waals surface area contributed by atoms with Crippen molar-refractivity contribution in [2.45, 2.75) is 4.90 Å². The van der Waals surface area contributed by atoms with Crippen molar-refractivity contribution in [3.05, 3.63) is 22.8 Å². The minimum atomic E-state index is -2.73. The third kappa shape index (κ3) is 1.79. The molecule has 0 aliphatic rings. The lowest BCUT2D eigenvalue weighted by molar-refractivity contribution is 0.679. The van der Waals surface area contributed by atoms with Gasteiger partial charge in [-0.05, 0) is 12.1 Å². The second-order valence-corrected chi connectivity index (χ2v) is 6.44. The summed E-state index contributed by atoms with van der Waals surface area (Å²) < 4.78 is 21.9. The zero-order valence-corrected chi connectivity index (χ0v) is 10.7. The molecule has 1 aromatic heterocycles. The lowest BCUT2D eigenvalue weighted by Gasteiger charge is -2.02. The number of nitrogens with zero attached hydrogens (tertiary/aromatic N) is 2. The molecule has 0 radical (unpaired) electrons. The first kappa shape index (κ1) is 10.6. The van der Waals surface area contributed by atoms with Crippen LogP contribution in [0.25, 0.3) is 10.9 Å². The van der Waals surface area contributed by atoms with Gasteiger partial charge in [0.2, 0.25) is 0 Å². The van der Waals surface area contributed by atoms with Crippen LogP contribution in [0.15, 0.2) is 27.7 Å². The Hall–Kier alpha value is -0.880. The molecule has 0 saturated heterocycles. The number of aromatic nitrogens is 2. The largest absolute Gasteiger partial charge is 0.275 e. The molecule has 1 atom stereocenters. The molecule has 0 saturated carbocycles. The van der Waals surface area contributed by atoms with Gasteiger partial charge < -0.3 is 0 Å². The number of nitrogens with one attached hydrogen (secondary N) is 1. The van der Waals surface area contributed by atoms with Gasteiger partial charge in [-0.15, -0.1) is 0 Å². The smallest absolute Gasteiger partial charge is 0.110 e. The van der Waals surface area contributed by atoms with Crippen LogP contribution in [-0.4, -0.2) is 20.2 Å². The Balaban J connectivity index is 2.95. The molecule has 0 spiro atoms. The van der Waals surface area contributed by atoms with Gasteiger partial charge in [0.1, 0.15) is 5.52 Å². The second kappa shape index (κ2) is 3.31. The predicted octanol–water partition coefficient (Wildman–Crippen LogP) is 2.37. The highest BCUT2D eigenvalue weighted by Crippen LogP contribution is 2.28. The highest BCUT2D eigenvalue weighted by molar-refractivity contribution is 9.10. The Bertz CT molecular complexity index is 630. The van der Waals surface area contributed by atoms with E-state index in [2.05, 4.69) is 21.0 Å². The van der Waals surface area contributed by atoms with Crippen molar-refractivity contribution in [3.63, 3.8) is 0 Å². The summed E-state index contributed by atoms with van der Waals surface area (Å²) in [6.45, 7) is 0. The van der Waals surface area contributed by atoms with Gasteiger partial charge in [-0.3, -0.25) is 4.68 Å². The topological polar surface area (TPSA) is 58.7 Å². The zero-order chi connectivity index (χ0) is 11.2. The molecule has 4 nitrogen and oxygen atoms in total. The molecule has 1 unspecified atom stereocenters. The normalized spacial score (nSPS) is 15.4. The minimum absolute atomic E-state index is 0.487. The highest BCUT2D eigenvalue weighted by Gasteiger charge is 2.13. The maximum Gasteiger partial charge on any atom is 0.110 e.